The third-order valence-electron chi connectivity index (χ3n) is 2.51. The highest BCUT2D eigenvalue weighted by Gasteiger charge is 2.22. The molecule has 1 aromatic rings. The summed E-state index contributed by atoms with van der Waals surface area (Å²) in [7, 11) is 0. The Hall–Kier alpha value is -0.660. The Morgan fingerprint density at radius 3 is 2.89 bits per heavy atom. The van der Waals surface area contributed by atoms with Crippen molar-refractivity contribution in [3.05, 3.63) is 28.2 Å². The van der Waals surface area contributed by atoms with Gasteiger partial charge in [0.05, 0.1) is 16.2 Å². The van der Waals surface area contributed by atoms with Gasteiger partial charge in [-0.3, -0.25) is 4.79 Å². The van der Waals surface area contributed by atoms with Crippen molar-refractivity contribution in [2.45, 2.75) is 6.04 Å². The first kappa shape index (κ1) is 13.8. The normalized spacial score (nSPS) is 19.6. The Balaban J connectivity index is 2.08. The molecule has 0 aromatic heterocycles. The summed E-state index contributed by atoms with van der Waals surface area (Å²) in [5.74, 6) is -0.0436. The van der Waals surface area contributed by atoms with E-state index in [1.807, 2.05) is 0 Å². The smallest absolute Gasteiger partial charge is 0.242 e. The van der Waals surface area contributed by atoms with Gasteiger partial charge in [0, 0.05) is 24.1 Å². The second-order valence-corrected chi connectivity index (χ2v) is 5.82. The first-order valence-electron chi connectivity index (χ1n) is 5.34. The summed E-state index contributed by atoms with van der Waals surface area (Å²) >= 11 is 4.53. The second kappa shape index (κ2) is 5.99. The van der Waals surface area contributed by atoms with Crippen molar-refractivity contribution in [2.24, 2.45) is 0 Å². The second-order valence-electron chi connectivity index (χ2n) is 3.82. The number of anilines is 1. The van der Waals surface area contributed by atoms with E-state index in [4.69, 9.17) is 0 Å². The molecule has 7 heteroatoms. The molecule has 0 aliphatic carbocycles. The summed E-state index contributed by atoms with van der Waals surface area (Å²) in [4.78, 5) is 11.8. The first-order valence-corrected chi connectivity index (χ1v) is 7.29. The fourth-order valence-electron chi connectivity index (χ4n) is 1.57. The van der Waals surface area contributed by atoms with Crippen LogP contribution in [0, 0.1) is 11.6 Å². The van der Waals surface area contributed by atoms with Gasteiger partial charge in [0.2, 0.25) is 5.91 Å². The average molecular weight is 337 g/mol. The highest BCUT2D eigenvalue weighted by Crippen LogP contribution is 2.23. The van der Waals surface area contributed by atoms with Gasteiger partial charge < -0.3 is 10.6 Å². The van der Waals surface area contributed by atoms with Gasteiger partial charge in [-0.25, -0.2) is 8.78 Å². The number of nitrogens with one attached hydrogen (secondary N) is 2. The van der Waals surface area contributed by atoms with Gasteiger partial charge in [-0.2, -0.15) is 11.8 Å². The van der Waals surface area contributed by atoms with E-state index in [1.165, 1.54) is 0 Å². The van der Waals surface area contributed by atoms with Crippen LogP contribution in [0.15, 0.2) is 16.6 Å². The molecule has 0 radical (unpaired) electrons. The van der Waals surface area contributed by atoms with Crippen LogP contribution >= 0.6 is 27.7 Å². The van der Waals surface area contributed by atoms with Crippen molar-refractivity contribution in [2.75, 3.05) is 23.4 Å². The predicted octanol–water partition coefficient (Wildman–Crippen LogP) is 2.37. The first-order chi connectivity index (χ1) is 8.58. The Morgan fingerprint density at radius 2 is 2.22 bits per heavy atom. The molecule has 3 nitrogen and oxygen atoms in total. The van der Waals surface area contributed by atoms with E-state index in [1.54, 1.807) is 11.8 Å². The van der Waals surface area contributed by atoms with Gasteiger partial charge in [0.25, 0.3) is 0 Å². The SMILES string of the molecule is O=C(Nc1cc(F)c(Br)cc1F)C1CSCCN1. The topological polar surface area (TPSA) is 41.1 Å². The number of benzene rings is 1. The monoisotopic (exact) mass is 336 g/mol. The molecular formula is C11H11BrF2N2OS. The fraction of sp³-hybridized carbons (Fsp3) is 0.364. The summed E-state index contributed by atoms with van der Waals surface area (Å²) in [5.41, 5.74) is -0.141. The summed E-state index contributed by atoms with van der Waals surface area (Å²) in [6.45, 7) is 0.736. The summed E-state index contributed by atoms with van der Waals surface area (Å²) < 4.78 is 26.8. The van der Waals surface area contributed by atoms with Crippen molar-refractivity contribution in [3.63, 3.8) is 0 Å². The molecule has 1 aromatic carbocycles. The number of amides is 1. The largest absolute Gasteiger partial charge is 0.322 e. The lowest BCUT2D eigenvalue weighted by Gasteiger charge is -2.22. The lowest BCUT2D eigenvalue weighted by atomic mass is 10.2. The molecule has 1 saturated heterocycles. The predicted molar refractivity (Wildman–Crippen MR) is 71.8 cm³/mol. The van der Waals surface area contributed by atoms with E-state index in [0.29, 0.717) is 5.75 Å². The third-order valence-corrected chi connectivity index (χ3v) is 4.18. The maximum absolute atomic E-state index is 13.5. The summed E-state index contributed by atoms with van der Waals surface area (Å²) in [6, 6.07) is 1.59. The molecule has 0 bridgehead atoms. The van der Waals surface area contributed by atoms with Crippen molar-refractivity contribution in [3.8, 4) is 0 Å². The van der Waals surface area contributed by atoms with Crippen molar-refractivity contribution in [1.29, 1.82) is 0 Å². The molecule has 1 amide bonds. The lowest BCUT2D eigenvalue weighted by molar-refractivity contribution is -0.117. The highest BCUT2D eigenvalue weighted by molar-refractivity contribution is 9.10. The fourth-order valence-corrected chi connectivity index (χ4v) is 2.82. The van der Waals surface area contributed by atoms with Crippen LogP contribution in [0.3, 0.4) is 0 Å². The van der Waals surface area contributed by atoms with Crippen molar-refractivity contribution >= 4 is 39.3 Å². The third kappa shape index (κ3) is 3.21. The molecule has 1 aliphatic rings. The van der Waals surface area contributed by atoms with E-state index in [2.05, 4.69) is 26.6 Å². The summed E-state index contributed by atoms with van der Waals surface area (Å²) in [5, 5.41) is 5.42. The van der Waals surface area contributed by atoms with E-state index < -0.39 is 11.6 Å². The van der Waals surface area contributed by atoms with Crippen LogP contribution in [0.25, 0.3) is 0 Å². The Kier molecular flexibility index (Phi) is 4.58. The van der Waals surface area contributed by atoms with Crippen LogP contribution in [0.1, 0.15) is 0 Å². The minimum absolute atomic E-state index is 0.0318. The zero-order valence-electron chi connectivity index (χ0n) is 9.30. The molecule has 18 heavy (non-hydrogen) atoms. The Bertz CT molecular complexity index is 467. The molecule has 2 N–H and O–H groups in total. The van der Waals surface area contributed by atoms with E-state index in [-0.39, 0.29) is 22.1 Å². The van der Waals surface area contributed by atoms with Crippen LogP contribution in [0.4, 0.5) is 14.5 Å². The molecule has 1 heterocycles. The number of hydrogen-bond donors (Lipinski definition) is 2. The van der Waals surface area contributed by atoms with Crippen molar-refractivity contribution in [1.82, 2.24) is 5.32 Å². The molecular weight excluding hydrogens is 326 g/mol. The van der Waals surface area contributed by atoms with Crippen LogP contribution in [0.2, 0.25) is 0 Å². The number of halogens is 3. The zero-order chi connectivity index (χ0) is 13.1. The van der Waals surface area contributed by atoms with Crippen molar-refractivity contribution < 1.29 is 13.6 Å². The number of carbonyl (C=O) groups is 1. The minimum Gasteiger partial charge on any atom is -0.322 e. The highest BCUT2D eigenvalue weighted by atomic mass is 79.9. The van der Waals surface area contributed by atoms with Gasteiger partial charge >= 0.3 is 0 Å². The Labute approximate surface area is 116 Å². The molecule has 2 rings (SSSR count). The number of carbonyl (C=O) groups excluding carboxylic acids is 1. The average Bonchev–Trinajstić information content (AvgIpc) is 2.37. The lowest BCUT2D eigenvalue weighted by Crippen LogP contribution is -2.46. The molecule has 1 atom stereocenters. The quantitative estimate of drug-likeness (QED) is 0.814. The van der Waals surface area contributed by atoms with Gasteiger partial charge in [0.1, 0.15) is 11.6 Å². The van der Waals surface area contributed by atoms with Crippen LogP contribution < -0.4 is 10.6 Å². The number of thioether (sulfide) groups is 1. The van der Waals surface area contributed by atoms with Crippen LogP contribution in [-0.2, 0) is 4.79 Å². The molecule has 1 unspecified atom stereocenters. The van der Waals surface area contributed by atoms with Gasteiger partial charge in [-0.1, -0.05) is 0 Å². The van der Waals surface area contributed by atoms with Gasteiger partial charge in [-0.05, 0) is 22.0 Å². The van der Waals surface area contributed by atoms with Gasteiger partial charge in [-0.15, -0.1) is 0 Å². The standard InChI is InChI=1S/C11H11BrF2N2OS/c12-6-3-8(14)9(4-7(6)13)16-11(17)10-5-18-2-1-15-10/h3-4,10,15H,1-2,5H2,(H,16,17). The molecule has 1 aliphatic heterocycles. The molecule has 1 fully saturated rings. The Morgan fingerprint density at radius 1 is 1.44 bits per heavy atom. The van der Waals surface area contributed by atoms with E-state index in [0.717, 1.165) is 24.4 Å². The van der Waals surface area contributed by atoms with Crippen LogP contribution in [-0.4, -0.2) is 30.0 Å². The van der Waals surface area contributed by atoms with E-state index >= 15 is 0 Å². The van der Waals surface area contributed by atoms with E-state index in [9.17, 15) is 13.6 Å². The molecule has 0 saturated carbocycles. The zero-order valence-corrected chi connectivity index (χ0v) is 11.7. The summed E-state index contributed by atoms with van der Waals surface area (Å²) in [6.07, 6.45) is 0. The molecule has 0 spiro atoms. The minimum atomic E-state index is -0.667. The molecule has 98 valence electrons. The van der Waals surface area contributed by atoms with Crippen LogP contribution in [0.5, 0.6) is 0 Å². The number of hydrogen-bond acceptors (Lipinski definition) is 3. The van der Waals surface area contributed by atoms with Gasteiger partial charge in [0.15, 0.2) is 0 Å². The number of rotatable bonds is 2. The maximum atomic E-state index is 13.5. The maximum Gasteiger partial charge on any atom is 0.242 e.